The van der Waals surface area contributed by atoms with E-state index in [1.807, 2.05) is 0 Å². The molecule has 0 aliphatic heterocycles. The maximum absolute atomic E-state index is 12.5. The summed E-state index contributed by atoms with van der Waals surface area (Å²) in [5, 5.41) is 2.97. The highest BCUT2D eigenvalue weighted by Gasteiger charge is 2.22. The van der Waals surface area contributed by atoms with Crippen molar-refractivity contribution in [3.8, 4) is 0 Å². The van der Waals surface area contributed by atoms with Crippen LogP contribution in [-0.4, -0.2) is 23.0 Å². The summed E-state index contributed by atoms with van der Waals surface area (Å²) in [6.07, 6.45) is -0.332. The third-order valence-corrected chi connectivity index (χ3v) is 3.72. The van der Waals surface area contributed by atoms with Crippen molar-refractivity contribution >= 4 is 40.9 Å². The van der Waals surface area contributed by atoms with Gasteiger partial charge in [-0.05, 0) is 45.0 Å². The van der Waals surface area contributed by atoms with Crippen molar-refractivity contribution in [1.29, 1.82) is 0 Å². The summed E-state index contributed by atoms with van der Waals surface area (Å²) in [6, 6.07) is 7.88. The molecule has 1 aromatic carbocycles. The number of nitrogens with zero attached hydrogens (tertiary/aromatic N) is 1. The van der Waals surface area contributed by atoms with Crippen LogP contribution in [0.3, 0.4) is 0 Å². The lowest BCUT2D eigenvalue weighted by atomic mass is 10.1. The molecule has 0 unspecified atom stereocenters. The number of aromatic nitrogens is 1. The average molecular weight is 367 g/mol. The Morgan fingerprint density at radius 2 is 1.75 bits per heavy atom. The average Bonchev–Trinajstić information content (AvgIpc) is 2.48. The second-order valence-electron chi connectivity index (χ2n) is 5.38. The Bertz CT molecular complexity index is 791. The normalized spacial score (nSPS) is 10.6. The molecule has 1 heterocycles. The van der Waals surface area contributed by atoms with Crippen molar-refractivity contribution in [2.75, 3.05) is 5.32 Å². The van der Waals surface area contributed by atoms with Crippen LogP contribution >= 0.6 is 23.2 Å². The van der Waals surface area contributed by atoms with Crippen LogP contribution in [0.2, 0.25) is 10.0 Å². The Morgan fingerprint density at radius 3 is 2.33 bits per heavy atom. The second kappa shape index (κ2) is 7.64. The zero-order chi connectivity index (χ0) is 17.9. The molecule has 126 valence electrons. The van der Waals surface area contributed by atoms with E-state index in [2.05, 4.69) is 10.3 Å². The van der Waals surface area contributed by atoms with Gasteiger partial charge >= 0.3 is 5.97 Å². The van der Waals surface area contributed by atoms with E-state index in [-0.39, 0.29) is 27.3 Å². The second-order valence-corrected chi connectivity index (χ2v) is 6.20. The number of halogens is 2. The standard InChI is InChI=1S/C17H16Cl2N2O3/c1-9(2)24-17(23)12-8-14(19)13(18)7-11(12)16(22)21-15-6-4-5-10(3)20-15/h4-9H,1-3H3,(H,20,21,22). The van der Waals surface area contributed by atoms with Crippen LogP contribution in [0.1, 0.15) is 40.3 Å². The first-order valence-electron chi connectivity index (χ1n) is 7.23. The summed E-state index contributed by atoms with van der Waals surface area (Å²) in [6.45, 7) is 5.23. The van der Waals surface area contributed by atoms with Gasteiger partial charge in [0, 0.05) is 5.69 Å². The van der Waals surface area contributed by atoms with Gasteiger partial charge < -0.3 is 10.1 Å². The number of rotatable bonds is 4. The Morgan fingerprint density at radius 1 is 1.12 bits per heavy atom. The maximum Gasteiger partial charge on any atom is 0.339 e. The summed E-state index contributed by atoms with van der Waals surface area (Å²) < 4.78 is 5.15. The fourth-order valence-electron chi connectivity index (χ4n) is 1.98. The lowest BCUT2D eigenvalue weighted by Crippen LogP contribution is -2.20. The molecule has 24 heavy (non-hydrogen) atoms. The van der Waals surface area contributed by atoms with Crippen LogP contribution in [0.4, 0.5) is 5.82 Å². The number of anilines is 1. The predicted octanol–water partition coefficient (Wildman–Crippen LogP) is 4.51. The molecule has 0 aliphatic carbocycles. The van der Waals surface area contributed by atoms with Gasteiger partial charge in [-0.2, -0.15) is 0 Å². The Hall–Kier alpha value is -2.11. The highest BCUT2D eigenvalue weighted by atomic mass is 35.5. The van der Waals surface area contributed by atoms with E-state index in [4.69, 9.17) is 27.9 Å². The zero-order valence-corrected chi connectivity index (χ0v) is 14.9. The van der Waals surface area contributed by atoms with E-state index in [0.717, 1.165) is 5.69 Å². The van der Waals surface area contributed by atoms with E-state index < -0.39 is 11.9 Å². The molecule has 0 saturated carbocycles. The number of ether oxygens (including phenoxy) is 1. The number of esters is 1. The fraction of sp³-hybridized carbons (Fsp3) is 0.235. The van der Waals surface area contributed by atoms with E-state index in [1.165, 1.54) is 12.1 Å². The van der Waals surface area contributed by atoms with Crippen LogP contribution in [0, 0.1) is 6.92 Å². The first kappa shape index (κ1) is 18.2. The summed E-state index contributed by atoms with van der Waals surface area (Å²) >= 11 is 12.0. The number of hydrogen-bond acceptors (Lipinski definition) is 4. The number of hydrogen-bond donors (Lipinski definition) is 1. The van der Waals surface area contributed by atoms with Gasteiger partial charge in [-0.25, -0.2) is 9.78 Å². The van der Waals surface area contributed by atoms with E-state index >= 15 is 0 Å². The smallest absolute Gasteiger partial charge is 0.339 e. The third kappa shape index (κ3) is 4.46. The van der Waals surface area contributed by atoms with E-state index in [0.29, 0.717) is 5.82 Å². The van der Waals surface area contributed by atoms with E-state index in [9.17, 15) is 9.59 Å². The molecule has 0 atom stereocenters. The first-order chi connectivity index (χ1) is 11.3. The monoisotopic (exact) mass is 366 g/mol. The van der Waals surface area contributed by atoms with Gasteiger partial charge in [0.25, 0.3) is 5.91 Å². The minimum Gasteiger partial charge on any atom is -0.459 e. The van der Waals surface area contributed by atoms with Crippen molar-refractivity contribution in [3.63, 3.8) is 0 Å². The Kier molecular flexibility index (Phi) is 5.80. The number of amides is 1. The van der Waals surface area contributed by atoms with Gasteiger partial charge in [-0.1, -0.05) is 29.3 Å². The van der Waals surface area contributed by atoms with Crippen molar-refractivity contribution in [2.24, 2.45) is 0 Å². The number of nitrogens with one attached hydrogen (secondary N) is 1. The topological polar surface area (TPSA) is 68.3 Å². The van der Waals surface area contributed by atoms with Crippen LogP contribution in [-0.2, 0) is 4.74 Å². The zero-order valence-electron chi connectivity index (χ0n) is 13.4. The molecular weight excluding hydrogens is 351 g/mol. The summed E-state index contributed by atoms with van der Waals surface area (Å²) in [5.41, 5.74) is 0.864. The van der Waals surface area contributed by atoms with E-state index in [1.54, 1.807) is 39.0 Å². The molecule has 0 radical (unpaired) electrons. The molecule has 0 spiro atoms. The van der Waals surface area contributed by atoms with Gasteiger partial charge in [0.2, 0.25) is 0 Å². The molecular formula is C17H16Cl2N2O3. The highest BCUT2D eigenvalue weighted by Crippen LogP contribution is 2.27. The van der Waals surface area contributed by atoms with Gasteiger partial charge in [-0.15, -0.1) is 0 Å². The van der Waals surface area contributed by atoms with Crippen LogP contribution in [0.25, 0.3) is 0 Å². The number of pyridine rings is 1. The number of carbonyl (C=O) groups is 2. The molecule has 1 aromatic heterocycles. The summed E-state index contributed by atoms with van der Waals surface area (Å²) in [7, 11) is 0. The van der Waals surface area contributed by atoms with Crippen molar-refractivity contribution in [3.05, 3.63) is 57.2 Å². The van der Waals surface area contributed by atoms with Gasteiger partial charge in [0.05, 0.1) is 27.3 Å². The Balaban J connectivity index is 2.38. The van der Waals surface area contributed by atoms with Crippen LogP contribution < -0.4 is 5.32 Å². The third-order valence-electron chi connectivity index (χ3n) is 3.00. The Labute approximate surface area is 149 Å². The molecule has 0 saturated heterocycles. The minimum atomic E-state index is -0.647. The minimum absolute atomic E-state index is 0.0447. The maximum atomic E-state index is 12.5. The van der Waals surface area contributed by atoms with Gasteiger partial charge in [0.15, 0.2) is 0 Å². The molecule has 2 rings (SSSR count). The summed E-state index contributed by atoms with van der Waals surface area (Å²) in [4.78, 5) is 29.0. The lowest BCUT2D eigenvalue weighted by Gasteiger charge is -2.13. The molecule has 1 N–H and O–H groups in total. The van der Waals surface area contributed by atoms with Gasteiger partial charge in [-0.3, -0.25) is 4.79 Å². The number of aryl methyl sites for hydroxylation is 1. The fourth-order valence-corrected chi connectivity index (χ4v) is 2.30. The summed E-state index contributed by atoms with van der Waals surface area (Å²) in [5.74, 6) is -0.803. The van der Waals surface area contributed by atoms with Crippen LogP contribution in [0.5, 0.6) is 0 Å². The molecule has 0 bridgehead atoms. The highest BCUT2D eigenvalue weighted by molar-refractivity contribution is 6.42. The van der Waals surface area contributed by atoms with Crippen molar-refractivity contribution in [2.45, 2.75) is 26.9 Å². The molecule has 2 aromatic rings. The molecule has 0 aliphatic rings. The predicted molar refractivity (Wildman–Crippen MR) is 93.9 cm³/mol. The lowest BCUT2D eigenvalue weighted by molar-refractivity contribution is 0.0375. The van der Waals surface area contributed by atoms with Gasteiger partial charge in [0.1, 0.15) is 5.82 Å². The SMILES string of the molecule is Cc1cccc(NC(=O)c2cc(Cl)c(Cl)cc2C(=O)OC(C)C)n1. The van der Waals surface area contributed by atoms with Crippen LogP contribution in [0.15, 0.2) is 30.3 Å². The number of carbonyl (C=O) groups excluding carboxylic acids is 2. The molecule has 0 fully saturated rings. The molecule has 1 amide bonds. The van der Waals surface area contributed by atoms with Crippen molar-refractivity contribution < 1.29 is 14.3 Å². The molecule has 7 heteroatoms. The largest absolute Gasteiger partial charge is 0.459 e. The number of benzene rings is 1. The first-order valence-corrected chi connectivity index (χ1v) is 7.98. The quantitative estimate of drug-likeness (QED) is 0.807. The molecule has 5 nitrogen and oxygen atoms in total. The van der Waals surface area contributed by atoms with Crippen molar-refractivity contribution in [1.82, 2.24) is 4.98 Å².